The van der Waals surface area contributed by atoms with E-state index in [4.69, 9.17) is 4.74 Å². The van der Waals surface area contributed by atoms with Crippen LogP contribution in [0.3, 0.4) is 0 Å². The Kier molecular flexibility index (Phi) is 4.66. The van der Waals surface area contributed by atoms with Crippen molar-refractivity contribution in [1.82, 2.24) is 10.2 Å². The number of rotatable bonds is 5. The van der Waals surface area contributed by atoms with Gasteiger partial charge in [-0.15, -0.1) is 10.2 Å². The minimum atomic E-state index is 0.189. The summed E-state index contributed by atoms with van der Waals surface area (Å²) in [4.78, 5) is 0. The molecule has 0 saturated carbocycles. The van der Waals surface area contributed by atoms with E-state index >= 15 is 0 Å². The number of methoxy groups -OCH3 is 1. The predicted molar refractivity (Wildman–Crippen MR) is 99.3 cm³/mol. The molecule has 1 heterocycles. The molecule has 3 rings (SSSR count). The van der Waals surface area contributed by atoms with E-state index in [1.54, 1.807) is 7.11 Å². The summed E-state index contributed by atoms with van der Waals surface area (Å²) in [6.07, 6.45) is 0. The molecule has 0 aliphatic rings. The largest absolute Gasteiger partial charge is 0.497 e. The van der Waals surface area contributed by atoms with Gasteiger partial charge in [0.2, 0.25) is 0 Å². The Morgan fingerprint density at radius 3 is 2.60 bits per heavy atom. The van der Waals surface area contributed by atoms with Gasteiger partial charge in [0.1, 0.15) is 11.8 Å². The van der Waals surface area contributed by atoms with Gasteiger partial charge in [0.15, 0.2) is 5.69 Å². The van der Waals surface area contributed by atoms with E-state index < -0.39 is 0 Å². The van der Waals surface area contributed by atoms with Crippen LogP contribution in [0.25, 0.3) is 10.9 Å². The van der Waals surface area contributed by atoms with Crippen molar-refractivity contribution in [1.29, 1.82) is 5.26 Å². The Morgan fingerprint density at radius 1 is 1.08 bits per heavy atom. The third-order valence-electron chi connectivity index (χ3n) is 3.66. The van der Waals surface area contributed by atoms with Crippen molar-refractivity contribution in [2.75, 3.05) is 17.7 Å². The molecule has 6 heteroatoms. The summed E-state index contributed by atoms with van der Waals surface area (Å²) in [6, 6.07) is 15.8. The number of anilines is 3. The molecule has 6 nitrogen and oxygen atoms in total. The lowest BCUT2D eigenvalue weighted by Crippen LogP contribution is -2.12. The first-order valence-electron chi connectivity index (χ1n) is 7.99. The quantitative estimate of drug-likeness (QED) is 0.732. The summed E-state index contributed by atoms with van der Waals surface area (Å²) < 4.78 is 5.24. The van der Waals surface area contributed by atoms with Crippen molar-refractivity contribution in [3.8, 4) is 11.8 Å². The van der Waals surface area contributed by atoms with Crippen molar-refractivity contribution < 1.29 is 4.74 Å². The number of ether oxygens (including phenoxy) is 1. The van der Waals surface area contributed by atoms with Crippen LogP contribution in [0.2, 0.25) is 0 Å². The maximum Gasteiger partial charge on any atom is 0.186 e. The summed E-state index contributed by atoms with van der Waals surface area (Å²) in [5.74, 6) is 0.785. The van der Waals surface area contributed by atoms with Gasteiger partial charge in [-0.1, -0.05) is 6.07 Å². The average Bonchev–Trinajstić information content (AvgIpc) is 2.61. The maximum atomic E-state index is 9.27. The van der Waals surface area contributed by atoms with E-state index in [0.717, 1.165) is 33.7 Å². The molecular weight excluding hydrogens is 314 g/mol. The molecule has 0 amide bonds. The van der Waals surface area contributed by atoms with E-state index in [2.05, 4.69) is 26.9 Å². The average molecular weight is 333 g/mol. The van der Waals surface area contributed by atoms with Gasteiger partial charge in [-0.05, 0) is 44.2 Å². The molecule has 25 heavy (non-hydrogen) atoms. The highest BCUT2D eigenvalue weighted by Crippen LogP contribution is 2.29. The molecule has 0 spiro atoms. The molecule has 0 saturated heterocycles. The fourth-order valence-electron chi connectivity index (χ4n) is 2.57. The lowest BCUT2D eigenvalue weighted by molar-refractivity contribution is 0.415. The Hall–Kier alpha value is -3.33. The summed E-state index contributed by atoms with van der Waals surface area (Å²) in [7, 11) is 1.64. The zero-order valence-corrected chi connectivity index (χ0v) is 14.4. The van der Waals surface area contributed by atoms with E-state index in [9.17, 15) is 5.26 Å². The normalized spacial score (nSPS) is 10.5. The summed E-state index contributed by atoms with van der Waals surface area (Å²) in [5, 5.41) is 25.0. The summed E-state index contributed by atoms with van der Waals surface area (Å²) in [5.41, 5.74) is 3.54. The van der Waals surface area contributed by atoms with Crippen molar-refractivity contribution >= 4 is 28.0 Å². The Balaban J connectivity index is 1.99. The zero-order valence-electron chi connectivity index (χ0n) is 14.4. The Bertz CT molecular complexity index is 946. The monoisotopic (exact) mass is 333 g/mol. The molecule has 2 N–H and O–H groups in total. The number of hydrogen-bond acceptors (Lipinski definition) is 6. The fourth-order valence-corrected chi connectivity index (χ4v) is 2.57. The van der Waals surface area contributed by atoms with Crippen LogP contribution in [-0.4, -0.2) is 23.3 Å². The van der Waals surface area contributed by atoms with Crippen LogP contribution in [0, 0.1) is 11.3 Å². The second kappa shape index (κ2) is 7.05. The minimum absolute atomic E-state index is 0.189. The molecule has 2 aromatic carbocycles. The second-order valence-corrected chi connectivity index (χ2v) is 5.92. The molecule has 0 aliphatic heterocycles. The number of benzene rings is 2. The Morgan fingerprint density at radius 2 is 1.88 bits per heavy atom. The van der Waals surface area contributed by atoms with Crippen molar-refractivity contribution in [3.05, 3.63) is 48.2 Å². The number of nitriles is 1. The number of nitrogens with one attached hydrogen (secondary N) is 2. The first-order valence-corrected chi connectivity index (χ1v) is 7.99. The van der Waals surface area contributed by atoms with Crippen LogP contribution in [0.1, 0.15) is 19.5 Å². The highest BCUT2D eigenvalue weighted by molar-refractivity contribution is 5.95. The van der Waals surface area contributed by atoms with E-state index in [-0.39, 0.29) is 6.04 Å². The molecule has 0 radical (unpaired) electrons. The third-order valence-corrected chi connectivity index (χ3v) is 3.66. The smallest absolute Gasteiger partial charge is 0.186 e. The van der Waals surface area contributed by atoms with Gasteiger partial charge >= 0.3 is 0 Å². The molecule has 0 bridgehead atoms. The summed E-state index contributed by atoms with van der Waals surface area (Å²) >= 11 is 0. The van der Waals surface area contributed by atoms with E-state index in [1.807, 2.05) is 56.3 Å². The highest BCUT2D eigenvalue weighted by atomic mass is 16.5. The second-order valence-electron chi connectivity index (χ2n) is 5.92. The topological polar surface area (TPSA) is 82.9 Å². The van der Waals surface area contributed by atoms with Gasteiger partial charge in [0, 0.05) is 28.9 Å². The highest BCUT2D eigenvalue weighted by Gasteiger charge is 2.12. The molecule has 1 aromatic heterocycles. The standard InChI is InChI=1S/C19H19N5O/c1-12(2)21-19-16-8-7-14(10-17(16)23-24-18(19)11-20)22-13-5-4-6-15(9-13)25-3/h4-10,12,22H,1-3H3,(H,21,23). The minimum Gasteiger partial charge on any atom is -0.497 e. The van der Waals surface area contributed by atoms with Crippen molar-refractivity contribution in [3.63, 3.8) is 0 Å². The van der Waals surface area contributed by atoms with Crippen molar-refractivity contribution in [2.24, 2.45) is 0 Å². The molecule has 126 valence electrons. The zero-order chi connectivity index (χ0) is 17.8. The number of aromatic nitrogens is 2. The first kappa shape index (κ1) is 16.5. The molecule has 0 unspecified atom stereocenters. The van der Waals surface area contributed by atoms with Gasteiger partial charge < -0.3 is 15.4 Å². The molecular formula is C19H19N5O. The fraction of sp³-hybridized carbons (Fsp3) is 0.211. The third kappa shape index (κ3) is 3.61. The molecule has 3 aromatic rings. The van der Waals surface area contributed by atoms with Crippen LogP contribution < -0.4 is 15.4 Å². The number of hydrogen-bond donors (Lipinski definition) is 2. The number of nitrogens with zero attached hydrogens (tertiary/aromatic N) is 3. The first-order chi connectivity index (χ1) is 12.1. The van der Waals surface area contributed by atoms with Gasteiger partial charge in [0.25, 0.3) is 0 Å². The van der Waals surface area contributed by atoms with Gasteiger partial charge in [-0.3, -0.25) is 0 Å². The van der Waals surface area contributed by atoms with Crippen LogP contribution in [0.4, 0.5) is 17.1 Å². The van der Waals surface area contributed by atoms with Crippen molar-refractivity contribution in [2.45, 2.75) is 19.9 Å². The lowest BCUT2D eigenvalue weighted by Gasteiger charge is -2.14. The molecule has 0 fully saturated rings. The summed E-state index contributed by atoms with van der Waals surface area (Å²) in [6.45, 7) is 4.04. The predicted octanol–water partition coefficient (Wildman–Crippen LogP) is 4.07. The van der Waals surface area contributed by atoms with Crippen LogP contribution in [0.5, 0.6) is 5.75 Å². The molecule has 0 atom stereocenters. The SMILES string of the molecule is COc1cccc(Nc2ccc3c(NC(C)C)c(C#N)nnc3c2)c1. The van der Waals surface area contributed by atoms with Crippen LogP contribution in [0.15, 0.2) is 42.5 Å². The van der Waals surface area contributed by atoms with E-state index in [0.29, 0.717) is 5.69 Å². The van der Waals surface area contributed by atoms with Gasteiger partial charge in [-0.2, -0.15) is 5.26 Å². The van der Waals surface area contributed by atoms with Crippen LogP contribution in [-0.2, 0) is 0 Å². The van der Waals surface area contributed by atoms with Crippen LogP contribution >= 0.6 is 0 Å². The van der Waals surface area contributed by atoms with Gasteiger partial charge in [0.05, 0.1) is 18.3 Å². The maximum absolute atomic E-state index is 9.27. The Labute approximate surface area is 146 Å². The molecule has 0 aliphatic carbocycles. The van der Waals surface area contributed by atoms with E-state index in [1.165, 1.54) is 0 Å². The van der Waals surface area contributed by atoms with Gasteiger partial charge in [-0.25, -0.2) is 0 Å². The lowest BCUT2D eigenvalue weighted by atomic mass is 10.1. The number of fused-ring (bicyclic) bond motifs is 1.